The first-order valence-corrected chi connectivity index (χ1v) is 11.1. The number of methoxy groups -OCH3 is 3. The van der Waals surface area contributed by atoms with Crippen LogP contribution in [0.15, 0.2) is 60.7 Å². The highest BCUT2D eigenvalue weighted by Gasteiger charge is 2.17. The summed E-state index contributed by atoms with van der Waals surface area (Å²) in [6, 6.07) is 17.6. The molecule has 0 amide bonds. The van der Waals surface area contributed by atoms with Gasteiger partial charge in [-0.25, -0.2) is 4.68 Å². The quantitative estimate of drug-likeness (QED) is 0.231. The maximum Gasteiger partial charge on any atom is 0.203 e. The van der Waals surface area contributed by atoms with E-state index in [1.54, 1.807) is 22.9 Å². The maximum atomic E-state index is 12.9. The number of aryl methyl sites for hydroxylation is 1. The van der Waals surface area contributed by atoms with Crippen molar-refractivity contribution in [3.63, 3.8) is 0 Å². The van der Waals surface area contributed by atoms with E-state index in [2.05, 4.69) is 29.4 Å². The number of carbonyl (C=O) groups is 1. The zero-order chi connectivity index (χ0) is 24.2. The molecule has 3 aromatic carbocycles. The van der Waals surface area contributed by atoms with Crippen molar-refractivity contribution >= 4 is 34.2 Å². The predicted octanol–water partition coefficient (Wildman–Crippen LogP) is 5.97. The summed E-state index contributed by atoms with van der Waals surface area (Å²) in [7, 11) is 4.53. The minimum Gasteiger partial charge on any atom is -0.493 e. The molecule has 0 aliphatic rings. The van der Waals surface area contributed by atoms with Crippen molar-refractivity contribution in [2.24, 2.45) is 0 Å². The molecule has 0 saturated carbocycles. The van der Waals surface area contributed by atoms with Gasteiger partial charge in [0, 0.05) is 11.1 Å². The highest BCUT2D eigenvalue weighted by atomic mass is 35.5. The summed E-state index contributed by atoms with van der Waals surface area (Å²) in [5.41, 5.74) is 2.95. The zero-order valence-corrected chi connectivity index (χ0v) is 20.2. The molecule has 4 rings (SSSR count). The van der Waals surface area contributed by atoms with Crippen LogP contribution in [0.1, 0.15) is 27.2 Å². The molecule has 6 nitrogen and oxygen atoms in total. The molecule has 4 aromatic rings. The van der Waals surface area contributed by atoms with E-state index in [0.717, 1.165) is 22.0 Å². The Morgan fingerprint density at radius 1 is 1.00 bits per heavy atom. The van der Waals surface area contributed by atoms with E-state index in [1.807, 2.05) is 25.1 Å². The Morgan fingerprint density at radius 3 is 2.35 bits per heavy atom. The average molecular weight is 477 g/mol. The molecule has 0 spiro atoms. The van der Waals surface area contributed by atoms with Crippen LogP contribution in [0.3, 0.4) is 0 Å². The van der Waals surface area contributed by atoms with Gasteiger partial charge in [-0.15, -0.1) is 0 Å². The first kappa shape index (κ1) is 23.4. The molecule has 0 saturated heterocycles. The van der Waals surface area contributed by atoms with Crippen molar-refractivity contribution in [2.75, 3.05) is 21.3 Å². The van der Waals surface area contributed by atoms with E-state index in [-0.39, 0.29) is 5.78 Å². The topological polar surface area (TPSA) is 62.6 Å². The van der Waals surface area contributed by atoms with Crippen molar-refractivity contribution in [2.45, 2.75) is 13.5 Å². The van der Waals surface area contributed by atoms with Gasteiger partial charge in [0.25, 0.3) is 0 Å². The standard InChI is InChI=1S/C27H25ClN2O4/c1-17-21(12-13-23(31)20-14-24(32-2)26(34-4)25(15-20)33-3)27(28)30(29-17)16-19-10-7-9-18-8-5-6-11-22(18)19/h5-15H,16H2,1-4H3/b13-12+. The number of fused-ring (bicyclic) bond motifs is 1. The van der Waals surface area contributed by atoms with E-state index in [0.29, 0.717) is 40.1 Å². The van der Waals surface area contributed by atoms with Crippen LogP contribution in [0.2, 0.25) is 5.15 Å². The molecule has 0 N–H and O–H groups in total. The first-order chi connectivity index (χ1) is 16.5. The lowest BCUT2D eigenvalue weighted by molar-refractivity contribution is 0.104. The summed E-state index contributed by atoms with van der Waals surface area (Å²) in [5, 5.41) is 7.40. The Hall–Kier alpha value is -3.77. The number of halogens is 1. The molecule has 0 fully saturated rings. The summed E-state index contributed by atoms with van der Waals surface area (Å²) in [5.74, 6) is 1.03. The van der Waals surface area contributed by atoms with Gasteiger partial charge < -0.3 is 14.2 Å². The molecule has 0 aliphatic heterocycles. The van der Waals surface area contributed by atoms with E-state index in [1.165, 1.54) is 27.4 Å². The lowest BCUT2D eigenvalue weighted by atomic mass is 10.0. The number of ether oxygens (including phenoxy) is 3. The lowest BCUT2D eigenvalue weighted by Crippen LogP contribution is -2.02. The predicted molar refractivity (Wildman–Crippen MR) is 134 cm³/mol. The molecule has 1 aromatic heterocycles. The van der Waals surface area contributed by atoms with Crippen molar-refractivity contribution in [3.05, 3.63) is 88.2 Å². The number of nitrogens with zero attached hydrogens (tertiary/aromatic N) is 2. The number of carbonyl (C=O) groups excluding carboxylic acids is 1. The van der Waals surface area contributed by atoms with E-state index in [9.17, 15) is 4.79 Å². The van der Waals surface area contributed by atoms with Crippen LogP contribution >= 0.6 is 11.6 Å². The van der Waals surface area contributed by atoms with Crippen molar-refractivity contribution in [3.8, 4) is 17.2 Å². The van der Waals surface area contributed by atoms with Gasteiger partial charge in [-0.05, 0) is 47.5 Å². The Kier molecular flexibility index (Phi) is 6.89. The Balaban J connectivity index is 1.62. The van der Waals surface area contributed by atoms with Crippen LogP contribution in [0, 0.1) is 6.92 Å². The molecule has 0 bridgehead atoms. The van der Waals surface area contributed by atoms with Crippen LogP contribution in [0.5, 0.6) is 17.2 Å². The molecule has 174 valence electrons. The van der Waals surface area contributed by atoms with Gasteiger partial charge in [-0.2, -0.15) is 5.10 Å². The number of hydrogen-bond donors (Lipinski definition) is 0. The van der Waals surface area contributed by atoms with Gasteiger partial charge in [0.2, 0.25) is 5.75 Å². The number of hydrogen-bond acceptors (Lipinski definition) is 5. The third kappa shape index (κ3) is 4.50. The van der Waals surface area contributed by atoms with Gasteiger partial charge in [-0.3, -0.25) is 4.79 Å². The van der Waals surface area contributed by atoms with E-state index >= 15 is 0 Å². The molecule has 7 heteroatoms. The van der Waals surface area contributed by atoms with E-state index in [4.69, 9.17) is 25.8 Å². The van der Waals surface area contributed by atoms with Crippen molar-refractivity contribution < 1.29 is 19.0 Å². The average Bonchev–Trinajstić information content (AvgIpc) is 3.13. The summed E-state index contributed by atoms with van der Waals surface area (Å²) in [6.07, 6.45) is 3.16. The highest BCUT2D eigenvalue weighted by Crippen LogP contribution is 2.38. The number of allylic oxidation sites excluding steroid dienone is 1. The van der Waals surface area contributed by atoms with Crippen molar-refractivity contribution in [1.82, 2.24) is 9.78 Å². The maximum absolute atomic E-state index is 12.9. The SMILES string of the molecule is COc1cc(C(=O)/C=C/c2c(C)nn(Cc3cccc4ccccc34)c2Cl)cc(OC)c1OC. The van der Waals surface area contributed by atoms with Crippen LogP contribution in [-0.2, 0) is 6.54 Å². The number of rotatable bonds is 8. The monoisotopic (exact) mass is 476 g/mol. The minimum atomic E-state index is -0.225. The van der Waals surface area contributed by atoms with Gasteiger partial charge in [-0.1, -0.05) is 54.1 Å². The molecule has 0 aliphatic carbocycles. The second-order valence-corrected chi connectivity index (χ2v) is 8.06. The van der Waals surface area contributed by atoms with Gasteiger partial charge >= 0.3 is 0 Å². The van der Waals surface area contributed by atoms with Crippen LogP contribution in [-0.4, -0.2) is 36.9 Å². The number of aromatic nitrogens is 2. The fourth-order valence-corrected chi connectivity index (χ4v) is 4.23. The number of benzene rings is 3. The molecule has 34 heavy (non-hydrogen) atoms. The zero-order valence-electron chi connectivity index (χ0n) is 19.5. The molecule has 0 radical (unpaired) electrons. The van der Waals surface area contributed by atoms with Crippen molar-refractivity contribution in [1.29, 1.82) is 0 Å². The smallest absolute Gasteiger partial charge is 0.203 e. The molecular weight excluding hydrogens is 452 g/mol. The highest BCUT2D eigenvalue weighted by molar-refractivity contribution is 6.31. The third-order valence-electron chi connectivity index (χ3n) is 5.66. The third-order valence-corrected chi connectivity index (χ3v) is 6.06. The minimum absolute atomic E-state index is 0.225. The Bertz CT molecular complexity index is 1360. The van der Waals surface area contributed by atoms with Gasteiger partial charge in [0.15, 0.2) is 17.3 Å². The number of ketones is 1. The summed E-state index contributed by atoms with van der Waals surface area (Å²) in [6.45, 7) is 2.39. The molecule has 0 unspecified atom stereocenters. The molecule has 1 heterocycles. The lowest BCUT2D eigenvalue weighted by Gasteiger charge is -2.13. The fraction of sp³-hybridized carbons (Fsp3) is 0.185. The van der Waals surface area contributed by atoms with Crippen LogP contribution in [0.4, 0.5) is 0 Å². The summed E-state index contributed by atoms with van der Waals surface area (Å²) < 4.78 is 17.8. The summed E-state index contributed by atoms with van der Waals surface area (Å²) in [4.78, 5) is 12.9. The Morgan fingerprint density at radius 2 is 1.68 bits per heavy atom. The second-order valence-electron chi connectivity index (χ2n) is 7.70. The van der Waals surface area contributed by atoms with E-state index < -0.39 is 0 Å². The fourth-order valence-electron chi connectivity index (χ4n) is 3.93. The molecule has 0 atom stereocenters. The first-order valence-electron chi connectivity index (χ1n) is 10.7. The second kappa shape index (κ2) is 10.0. The van der Waals surface area contributed by atoms with Gasteiger partial charge in [0.05, 0.1) is 33.6 Å². The normalized spacial score (nSPS) is 11.2. The van der Waals surface area contributed by atoms with Crippen LogP contribution in [0.25, 0.3) is 16.8 Å². The van der Waals surface area contributed by atoms with Gasteiger partial charge in [0.1, 0.15) is 5.15 Å². The largest absolute Gasteiger partial charge is 0.493 e. The summed E-state index contributed by atoms with van der Waals surface area (Å²) >= 11 is 6.68. The molecular formula is C27H25ClN2O4. The van der Waals surface area contributed by atoms with Crippen LogP contribution < -0.4 is 14.2 Å². The Labute approximate surface area is 203 Å².